The molecule has 0 saturated heterocycles. The van der Waals surface area contributed by atoms with E-state index in [1.807, 2.05) is 0 Å². The van der Waals surface area contributed by atoms with Crippen LogP contribution in [0.15, 0.2) is 42.5 Å². The summed E-state index contributed by atoms with van der Waals surface area (Å²) in [6.45, 7) is 0.844. The van der Waals surface area contributed by atoms with Crippen molar-refractivity contribution < 1.29 is 27.4 Å². The van der Waals surface area contributed by atoms with E-state index in [2.05, 4.69) is 10.6 Å². The number of alkyl halides is 3. The molecule has 2 aliphatic rings. The fourth-order valence-corrected chi connectivity index (χ4v) is 4.02. The molecule has 0 radical (unpaired) electrons. The number of ether oxygens (including phenoxy) is 2. The average Bonchev–Trinajstić information content (AvgIpc) is 2.77. The zero-order valence-corrected chi connectivity index (χ0v) is 17.0. The van der Waals surface area contributed by atoms with Gasteiger partial charge < -0.3 is 20.1 Å². The normalized spacial score (nSPS) is 17.6. The third kappa shape index (κ3) is 5.24. The monoisotopic (exact) mass is 434 g/mol. The number of halogens is 3. The number of rotatable bonds is 5. The molecule has 2 aromatic carbocycles. The smallest absolute Gasteiger partial charge is 0.416 e. The number of hydrogen-bond donors (Lipinski definition) is 2. The Morgan fingerprint density at radius 3 is 2.45 bits per heavy atom. The highest BCUT2D eigenvalue weighted by Crippen LogP contribution is 2.35. The average molecular weight is 434 g/mol. The van der Waals surface area contributed by atoms with Crippen molar-refractivity contribution in [2.75, 3.05) is 18.5 Å². The second-order valence-corrected chi connectivity index (χ2v) is 7.90. The number of fused-ring (bicyclic) bond motifs is 1. The zero-order valence-electron chi connectivity index (χ0n) is 17.0. The van der Waals surface area contributed by atoms with Gasteiger partial charge in [0.05, 0.1) is 5.56 Å². The first kappa shape index (κ1) is 21.3. The van der Waals surface area contributed by atoms with Gasteiger partial charge >= 0.3 is 6.18 Å². The molecule has 1 saturated carbocycles. The van der Waals surface area contributed by atoms with Crippen molar-refractivity contribution in [3.63, 3.8) is 0 Å². The lowest BCUT2D eigenvalue weighted by atomic mass is 9.95. The molecular weight excluding hydrogens is 409 g/mol. The first-order chi connectivity index (χ1) is 14.9. The van der Waals surface area contributed by atoms with Gasteiger partial charge in [0.1, 0.15) is 19.3 Å². The minimum Gasteiger partial charge on any atom is -0.486 e. The first-order valence-electron chi connectivity index (χ1n) is 10.5. The van der Waals surface area contributed by atoms with Crippen molar-refractivity contribution >= 4 is 11.6 Å². The number of nitrogens with one attached hydrogen (secondary N) is 2. The number of benzene rings is 2. The molecule has 1 aliphatic heterocycles. The third-order valence-corrected chi connectivity index (χ3v) is 5.61. The van der Waals surface area contributed by atoms with E-state index in [-0.39, 0.29) is 17.6 Å². The van der Waals surface area contributed by atoms with Gasteiger partial charge in [0.15, 0.2) is 11.5 Å². The third-order valence-electron chi connectivity index (χ3n) is 5.61. The van der Waals surface area contributed by atoms with Crippen molar-refractivity contribution in [2.24, 2.45) is 0 Å². The highest BCUT2D eigenvalue weighted by atomic mass is 19.4. The van der Waals surface area contributed by atoms with Crippen molar-refractivity contribution in [1.29, 1.82) is 0 Å². The highest BCUT2D eigenvalue weighted by molar-refractivity contribution is 5.86. The molecule has 1 fully saturated rings. The molecule has 2 N–H and O–H groups in total. The highest BCUT2D eigenvalue weighted by Gasteiger charge is 2.31. The predicted octanol–water partition coefficient (Wildman–Crippen LogP) is 5.08. The number of carbonyl (C=O) groups excluding carboxylic acids is 1. The van der Waals surface area contributed by atoms with Crippen molar-refractivity contribution in [3.05, 3.63) is 53.6 Å². The van der Waals surface area contributed by atoms with Crippen molar-refractivity contribution in [1.82, 2.24) is 5.32 Å². The summed E-state index contributed by atoms with van der Waals surface area (Å²) >= 11 is 0. The van der Waals surface area contributed by atoms with Crippen molar-refractivity contribution in [3.8, 4) is 11.5 Å². The van der Waals surface area contributed by atoms with Gasteiger partial charge in [-0.3, -0.25) is 4.79 Å². The Morgan fingerprint density at radius 2 is 1.71 bits per heavy atom. The van der Waals surface area contributed by atoms with Crippen LogP contribution in [0.1, 0.15) is 49.3 Å². The van der Waals surface area contributed by atoms with Gasteiger partial charge in [-0.2, -0.15) is 13.2 Å². The molecule has 4 rings (SSSR count). The molecule has 1 atom stereocenters. The quantitative estimate of drug-likeness (QED) is 0.689. The Balaban J connectivity index is 1.61. The fraction of sp³-hybridized carbons (Fsp3) is 0.435. The number of hydrogen-bond acceptors (Lipinski definition) is 4. The molecule has 0 aromatic heterocycles. The summed E-state index contributed by atoms with van der Waals surface area (Å²) < 4.78 is 50.6. The second-order valence-electron chi connectivity index (χ2n) is 7.90. The fourth-order valence-electron chi connectivity index (χ4n) is 4.02. The molecule has 8 heteroatoms. The topological polar surface area (TPSA) is 59.6 Å². The predicted molar refractivity (Wildman–Crippen MR) is 110 cm³/mol. The Labute approximate surface area is 178 Å². The lowest BCUT2D eigenvalue weighted by Gasteiger charge is -2.27. The first-order valence-corrected chi connectivity index (χ1v) is 10.5. The van der Waals surface area contributed by atoms with Gasteiger partial charge in [0.2, 0.25) is 5.91 Å². The van der Waals surface area contributed by atoms with E-state index in [0.717, 1.165) is 44.2 Å². The summed E-state index contributed by atoms with van der Waals surface area (Å²) in [7, 11) is 0. The van der Waals surface area contributed by atoms with Gasteiger partial charge in [-0.05, 0) is 48.7 Å². The minimum absolute atomic E-state index is 0.0734. The molecular formula is C23H25F3N2O3. The Hall–Kier alpha value is -2.90. The van der Waals surface area contributed by atoms with Crippen LogP contribution in [0.4, 0.5) is 18.9 Å². The maximum absolute atomic E-state index is 13.2. The van der Waals surface area contributed by atoms with Crippen LogP contribution >= 0.6 is 0 Å². The van der Waals surface area contributed by atoms with Gasteiger partial charge in [-0.15, -0.1) is 0 Å². The summed E-state index contributed by atoms with van der Waals surface area (Å²) in [4.78, 5) is 13.2. The van der Waals surface area contributed by atoms with E-state index in [4.69, 9.17) is 9.47 Å². The lowest BCUT2D eigenvalue weighted by molar-refractivity contribution is -0.137. The van der Waals surface area contributed by atoms with E-state index in [1.54, 1.807) is 18.2 Å². The lowest BCUT2D eigenvalue weighted by Crippen LogP contribution is -2.41. The molecule has 0 bridgehead atoms. The van der Waals surface area contributed by atoms with E-state index >= 15 is 0 Å². The standard InChI is InChI=1S/C23H25F3N2O3/c24-23(25,26)16-5-4-8-18(14-16)27-21(22(29)28-17-6-2-1-3-7-17)15-9-10-19-20(13-15)31-12-11-30-19/h4-5,8-10,13-14,17,21,27H,1-3,6-7,11-12H2,(H,28,29). The zero-order chi connectivity index (χ0) is 21.8. The molecule has 1 unspecified atom stereocenters. The van der Waals surface area contributed by atoms with Crippen LogP contribution in [0.5, 0.6) is 11.5 Å². The van der Waals surface area contributed by atoms with Gasteiger partial charge in [0, 0.05) is 11.7 Å². The largest absolute Gasteiger partial charge is 0.486 e. The van der Waals surface area contributed by atoms with Crippen LogP contribution < -0.4 is 20.1 Å². The van der Waals surface area contributed by atoms with Gasteiger partial charge in [-0.1, -0.05) is 31.4 Å². The Kier molecular flexibility index (Phi) is 6.25. The van der Waals surface area contributed by atoms with Crippen LogP contribution in [0.3, 0.4) is 0 Å². The van der Waals surface area contributed by atoms with E-state index in [9.17, 15) is 18.0 Å². The maximum Gasteiger partial charge on any atom is 0.416 e. The Morgan fingerprint density at radius 1 is 0.968 bits per heavy atom. The van der Waals surface area contributed by atoms with E-state index in [0.29, 0.717) is 30.3 Å². The maximum atomic E-state index is 13.2. The molecule has 0 spiro atoms. The van der Waals surface area contributed by atoms with E-state index in [1.165, 1.54) is 12.1 Å². The molecule has 1 heterocycles. The minimum atomic E-state index is -4.46. The summed E-state index contributed by atoms with van der Waals surface area (Å²) in [5.74, 6) is 0.826. The summed E-state index contributed by atoms with van der Waals surface area (Å²) in [5, 5.41) is 6.06. The molecule has 2 aromatic rings. The van der Waals surface area contributed by atoms with Gasteiger partial charge in [0.25, 0.3) is 0 Å². The van der Waals surface area contributed by atoms with Crippen LogP contribution in [-0.2, 0) is 11.0 Å². The van der Waals surface area contributed by atoms with Crippen LogP contribution in [0.25, 0.3) is 0 Å². The van der Waals surface area contributed by atoms with Gasteiger partial charge in [-0.25, -0.2) is 0 Å². The van der Waals surface area contributed by atoms with Crippen molar-refractivity contribution in [2.45, 2.75) is 50.4 Å². The molecule has 1 amide bonds. The van der Waals surface area contributed by atoms with Crippen LogP contribution in [0, 0.1) is 0 Å². The van der Waals surface area contributed by atoms with E-state index < -0.39 is 17.8 Å². The number of anilines is 1. The number of amides is 1. The number of carbonyl (C=O) groups is 1. The molecule has 31 heavy (non-hydrogen) atoms. The molecule has 5 nitrogen and oxygen atoms in total. The van der Waals surface area contributed by atoms with Crippen LogP contribution in [0.2, 0.25) is 0 Å². The second kappa shape index (κ2) is 9.08. The molecule has 166 valence electrons. The molecule has 1 aliphatic carbocycles. The summed E-state index contributed by atoms with van der Waals surface area (Å²) in [5.41, 5.74) is 0.0367. The summed E-state index contributed by atoms with van der Waals surface area (Å²) in [6, 6.07) is 9.23. The Bertz CT molecular complexity index is 927. The SMILES string of the molecule is O=C(NC1CCCCC1)C(Nc1cccc(C(F)(F)F)c1)c1ccc2c(c1)OCCO2. The summed E-state index contributed by atoms with van der Waals surface area (Å²) in [6.07, 6.45) is 0.614. The van der Waals surface area contributed by atoms with Crippen LogP contribution in [-0.4, -0.2) is 25.2 Å².